The highest BCUT2D eigenvalue weighted by Gasteiger charge is 2.25. The number of rotatable bonds is 7. The molecule has 2 heterocycles. The Hall–Kier alpha value is -4.09. The van der Waals surface area contributed by atoms with E-state index in [2.05, 4.69) is 15.3 Å². The third-order valence-corrected chi connectivity index (χ3v) is 8.45. The van der Waals surface area contributed by atoms with Crippen LogP contribution >= 0.6 is 23.1 Å². The number of aromatic amines is 1. The van der Waals surface area contributed by atoms with E-state index in [1.165, 1.54) is 41.3 Å². The van der Waals surface area contributed by atoms with Crippen molar-refractivity contribution in [1.82, 2.24) is 9.97 Å². The zero-order chi connectivity index (χ0) is 27.5. The normalized spacial score (nSPS) is 12.9. The van der Waals surface area contributed by atoms with Crippen molar-refractivity contribution in [2.75, 3.05) is 5.32 Å². The summed E-state index contributed by atoms with van der Waals surface area (Å²) in [4.78, 5) is 49.9. The minimum absolute atomic E-state index is 0.0886. The van der Waals surface area contributed by atoms with Crippen LogP contribution in [0.4, 0.5) is 16.4 Å². The molecule has 0 spiro atoms. The molecule has 198 valence electrons. The number of hydrogen-bond acceptors (Lipinski definition) is 8. The molecule has 0 bridgehead atoms. The number of carbonyl (C=O) groups is 1. The standard InChI is InChI=1S/C28H25N5O4S2/c1-16-7-9-19(10-8-16)31-26(35)25-21-5-3-4-6-23(21)38-27(25)29-15-18-14-20(33(36)37)11-12-22(18)39-28-30-17(2)13-24(34)32-28/h7-15H,3-6H2,1-2H3,(H,31,35)(H,30,32,34). The largest absolute Gasteiger partial charge is 0.322 e. The molecule has 2 N–H and O–H groups in total. The summed E-state index contributed by atoms with van der Waals surface area (Å²) in [7, 11) is 0. The number of anilines is 1. The van der Waals surface area contributed by atoms with Gasteiger partial charge < -0.3 is 10.3 Å². The van der Waals surface area contributed by atoms with Gasteiger partial charge in [0.2, 0.25) is 0 Å². The number of nitro groups is 1. The highest BCUT2D eigenvalue weighted by atomic mass is 32.2. The lowest BCUT2D eigenvalue weighted by Crippen LogP contribution is -2.14. The summed E-state index contributed by atoms with van der Waals surface area (Å²) in [5.74, 6) is -0.222. The number of benzene rings is 2. The maximum atomic E-state index is 13.5. The first-order valence-corrected chi connectivity index (χ1v) is 14.0. The van der Waals surface area contributed by atoms with Gasteiger partial charge in [0, 0.05) is 51.1 Å². The van der Waals surface area contributed by atoms with Gasteiger partial charge in [0.15, 0.2) is 5.16 Å². The van der Waals surface area contributed by atoms with Gasteiger partial charge in [-0.25, -0.2) is 9.98 Å². The number of thiophene rings is 1. The van der Waals surface area contributed by atoms with Gasteiger partial charge in [-0.2, -0.15) is 0 Å². The lowest BCUT2D eigenvalue weighted by Gasteiger charge is -2.13. The lowest BCUT2D eigenvalue weighted by atomic mass is 9.95. The molecule has 0 aliphatic heterocycles. The predicted octanol–water partition coefficient (Wildman–Crippen LogP) is 6.39. The summed E-state index contributed by atoms with van der Waals surface area (Å²) >= 11 is 2.67. The number of carbonyl (C=O) groups excluding carboxylic acids is 1. The number of nitrogens with one attached hydrogen (secondary N) is 2. The first-order valence-electron chi connectivity index (χ1n) is 12.4. The average Bonchev–Trinajstić information content (AvgIpc) is 3.27. The summed E-state index contributed by atoms with van der Waals surface area (Å²) < 4.78 is 0. The van der Waals surface area contributed by atoms with Gasteiger partial charge in [-0.15, -0.1) is 11.3 Å². The average molecular weight is 560 g/mol. The zero-order valence-corrected chi connectivity index (χ0v) is 22.9. The van der Waals surface area contributed by atoms with Crippen LogP contribution in [0, 0.1) is 24.0 Å². The van der Waals surface area contributed by atoms with E-state index in [1.807, 2.05) is 31.2 Å². The summed E-state index contributed by atoms with van der Waals surface area (Å²) in [5.41, 5.74) is 4.05. The highest BCUT2D eigenvalue weighted by molar-refractivity contribution is 7.99. The van der Waals surface area contributed by atoms with Crippen molar-refractivity contribution in [1.29, 1.82) is 0 Å². The van der Waals surface area contributed by atoms with Crippen molar-refractivity contribution >= 4 is 51.6 Å². The van der Waals surface area contributed by atoms with Crippen molar-refractivity contribution in [2.45, 2.75) is 49.6 Å². The number of fused-ring (bicyclic) bond motifs is 1. The molecular formula is C28H25N5O4S2. The number of nitrogens with zero attached hydrogens (tertiary/aromatic N) is 3. The van der Waals surface area contributed by atoms with E-state index in [0.29, 0.717) is 37.6 Å². The summed E-state index contributed by atoms with van der Waals surface area (Å²) in [5, 5.41) is 15.4. The molecule has 0 saturated carbocycles. The molecule has 9 nitrogen and oxygen atoms in total. The van der Waals surface area contributed by atoms with Crippen LogP contribution in [0.1, 0.15) is 50.5 Å². The fourth-order valence-corrected chi connectivity index (χ4v) is 6.53. The molecule has 1 amide bonds. The Morgan fingerprint density at radius 2 is 1.92 bits per heavy atom. The molecule has 2 aromatic carbocycles. The number of aliphatic imine (C=N–C) groups is 1. The van der Waals surface area contributed by atoms with Crippen molar-refractivity contribution in [3.05, 3.63) is 102 Å². The smallest absolute Gasteiger partial charge is 0.270 e. The van der Waals surface area contributed by atoms with Crippen molar-refractivity contribution in [2.24, 2.45) is 4.99 Å². The van der Waals surface area contributed by atoms with Gasteiger partial charge in [-0.1, -0.05) is 29.5 Å². The van der Waals surface area contributed by atoms with E-state index in [-0.39, 0.29) is 17.2 Å². The minimum atomic E-state index is -0.469. The maximum Gasteiger partial charge on any atom is 0.270 e. The van der Waals surface area contributed by atoms with Crippen LogP contribution in [0.3, 0.4) is 0 Å². The predicted molar refractivity (Wildman–Crippen MR) is 154 cm³/mol. The Morgan fingerprint density at radius 3 is 2.67 bits per heavy atom. The molecule has 1 aliphatic rings. The SMILES string of the molecule is Cc1ccc(NC(=O)c2c(N=Cc3cc([N+](=O)[O-])ccc3Sc3nc(C)cc(=O)[nH]3)sc3c2CCCC3)cc1. The summed E-state index contributed by atoms with van der Waals surface area (Å²) in [6, 6.07) is 13.4. The second kappa shape index (κ2) is 11.3. The first kappa shape index (κ1) is 26.5. The third kappa shape index (κ3) is 6.15. The molecule has 5 rings (SSSR count). The second-order valence-corrected chi connectivity index (χ2v) is 11.4. The van der Waals surface area contributed by atoms with Gasteiger partial charge in [0.25, 0.3) is 17.2 Å². The van der Waals surface area contributed by atoms with Crippen LogP contribution in [0.2, 0.25) is 0 Å². The molecule has 0 unspecified atom stereocenters. The number of aromatic nitrogens is 2. The van der Waals surface area contributed by atoms with Gasteiger partial charge in [-0.05, 0) is 63.3 Å². The van der Waals surface area contributed by atoms with Crippen molar-refractivity contribution < 1.29 is 9.72 Å². The van der Waals surface area contributed by atoms with Crippen LogP contribution in [0.15, 0.2) is 68.4 Å². The Morgan fingerprint density at radius 1 is 1.15 bits per heavy atom. The first-order chi connectivity index (χ1) is 18.8. The highest BCUT2D eigenvalue weighted by Crippen LogP contribution is 2.40. The topological polar surface area (TPSA) is 130 Å². The van der Waals surface area contributed by atoms with Gasteiger partial charge in [0.05, 0.1) is 10.5 Å². The van der Waals surface area contributed by atoms with E-state index in [9.17, 15) is 19.7 Å². The molecule has 0 atom stereocenters. The van der Waals surface area contributed by atoms with E-state index in [0.717, 1.165) is 41.7 Å². The van der Waals surface area contributed by atoms with E-state index < -0.39 is 4.92 Å². The lowest BCUT2D eigenvalue weighted by molar-refractivity contribution is -0.384. The fourth-order valence-electron chi connectivity index (χ4n) is 4.38. The van der Waals surface area contributed by atoms with Gasteiger partial charge in [-0.3, -0.25) is 19.7 Å². The summed E-state index contributed by atoms with van der Waals surface area (Å²) in [6.45, 7) is 3.71. The Bertz CT molecular complexity index is 1660. The van der Waals surface area contributed by atoms with E-state index in [1.54, 1.807) is 19.2 Å². The molecule has 0 saturated heterocycles. The monoisotopic (exact) mass is 559 g/mol. The molecule has 1 aliphatic carbocycles. The Balaban J connectivity index is 1.52. The number of non-ortho nitro benzene ring substituents is 1. The third-order valence-electron chi connectivity index (χ3n) is 6.27. The fraction of sp³-hybridized carbons (Fsp3) is 0.214. The Labute approximate surface area is 232 Å². The van der Waals surface area contributed by atoms with E-state index >= 15 is 0 Å². The van der Waals surface area contributed by atoms with Crippen molar-refractivity contribution in [3.63, 3.8) is 0 Å². The van der Waals surface area contributed by atoms with Crippen LogP contribution < -0.4 is 10.9 Å². The Kier molecular flexibility index (Phi) is 7.71. The number of amides is 1. The summed E-state index contributed by atoms with van der Waals surface area (Å²) in [6.07, 6.45) is 5.31. The number of hydrogen-bond donors (Lipinski definition) is 2. The maximum absolute atomic E-state index is 13.5. The minimum Gasteiger partial charge on any atom is -0.322 e. The quantitative estimate of drug-likeness (QED) is 0.117. The van der Waals surface area contributed by atoms with Crippen LogP contribution in [0.25, 0.3) is 0 Å². The van der Waals surface area contributed by atoms with Gasteiger partial charge >= 0.3 is 0 Å². The van der Waals surface area contributed by atoms with Crippen LogP contribution in [-0.4, -0.2) is 27.0 Å². The molecule has 11 heteroatoms. The van der Waals surface area contributed by atoms with Crippen LogP contribution in [-0.2, 0) is 12.8 Å². The van der Waals surface area contributed by atoms with E-state index in [4.69, 9.17) is 4.99 Å². The van der Waals surface area contributed by atoms with Crippen LogP contribution in [0.5, 0.6) is 0 Å². The molecule has 0 radical (unpaired) electrons. The number of H-pyrrole nitrogens is 1. The molecule has 0 fully saturated rings. The zero-order valence-electron chi connectivity index (χ0n) is 21.3. The molecule has 4 aromatic rings. The van der Waals surface area contributed by atoms with Gasteiger partial charge in [0.1, 0.15) is 5.00 Å². The second-order valence-electron chi connectivity index (χ2n) is 9.24. The molecule has 2 aromatic heterocycles. The number of aryl methyl sites for hydroxylation is 3. The van der Waals surface area contributed by atoms with Crippen molar-refractivity contribution in [3.8, 4) is 0 Å². The molecule has 39 heavy (non-hydrogen) atoms. The molecular weight excluding hydrogens is 534 g/mol. The number of nitro benzene ring substituents is 1.